The third-order valence-electron chi connectivity index (χ3n) is 4.26. The first-order valence-corrected chi connectivity index (χ1v) is 7.84. The van der Waals surface area contributed by atoms with E-state index in [1.807, 2.05) is 41.2 Å². The zero-order valence-corrected chi connectivity index (χ0v) is 12.6. The van der Waals surface area contributed by atoms with Crippen LogP contribution >= 0.6 is 0 Å². The standard InChI is InChI=1S/C17H22N4O/c18-15-4-1-3-14(11-15)17(22)19-12-13-5-7-16(8-6-13)21-10-2-9-20-21/h2,5-10,14-15H,1,3-4,11-12,18H2,(H,19,22). The summed E-state index contributed by atoms with van der Waals surface area (Å²) in [5.41, 5.74) is 8.04. The Bertz CT molecular complexity index is 606. The van der Waals surface area contributed by atoms with Gasteiger partial charge in [-0.25, -0.2) is 4.68 Å². The number of amides is 1. The van der Waals surface area contributed by atoms with Gasteiger partial charge in [0.05, 0.1) is 5.69 Å². The molecule has 2 unspecified atom stereocenters. The average Bonchev–Trinajstić information content (AvgIpc) is 3.07. The van der Waals surface area contributed by atoms with Crippen LogP contribution < -0.4 is 11.1 Å². The molecule has 2 aromatic rings. The summed E-state index contributed by atoms with van der Waals surface area (Å²) in [6, 6.07) is 10.1. The van der Waals surface area contributed by atoms with E-state index in [1.54, 1.807) is 6.20 Å². The Morgan fingerprint density at radius 3 is 2.82 bits per heavy atom. The molecule has 0 radical (unpaired) electrons. The maximum Gasteiger partial charge on any atom is 0.223 e. The topological polar surface area (TPSA) is 72.9 Å². The molecule has 1 aromatic heterocycles. The van der Waals surface area contributed by atoms with Gasteiger partial charge in [-0.1, -0.05) is 18.6 Å². The number of hydrogen-bond acceptors (Lipinski definition) is 3. The number of hydrogen-bond donors (Lipinski definition) is 2. The van der Waals surface area contributed by atoms with E-state index >= 15 is 0 Å². The molecule has 0 bridgehead atoms. The highest BCUT2D eigenvalue weighted by molar-refractivity contribution is 5.78. The molecular weight excluding hydrogens is 276 g/mol. The van der Waals surface area contributed by atoms with Crippen molar-refractivity contribution >= 4 is 5.91 Å². The number of carbonyl (C=O) groups is 1. The van der Waals surface area contributed by atoms with E-state index in [0.29, 0.717) is 6.54 Å². The van der Waals surface area contributed by atoms with Gasteiger partial charge in [0.25, 0.3) is 0 Å². The summed E-state index contributed by atoms with van der Waals surface area (Å²) < 4.78 is 1.81. The number of aromatic nitrogens is 2. The molecule has 3 rings (SSSR count). The zero-order chi connectivity index (χ0) is 15.4. The molecule has 0 aliphatic heterocycles. The summed E-state index contributed by atoms with van der Waals surface area (Å²) in [5, 5.41) is 7.22. The van der Waals surface area contributed by atoms with E-state index in [4.69, 9.17) is 5.73 Å². The van der Waals surface area contributed by atoms with Crippen LogP contribution in [0.5, 0.6) is 0 Å². The highest BCUT2D eigenvalue weighted by Crippen LogP contribution is 2.23. The van der Waals surface area contributed by atoms with Crippen molar-refractivity contribution in [1.82, 2.24) is 15.1 Å². The van der Waals surface area contributed by atoms with Crippen LogP contribution in [0.15, 0.2) is 42.7 Å². The van der Waals surface area contributed by atoms with Gasteiger partial charge >= 0.3 is 0 Å². The minimum Gasteiger partial charge on any atom is -0.352 e. The third-order valence-corrected chi connectivity index (χ3v) is 4.26. The van der Waals surface area contributed by atoms with Gasteiger partial charge in [0.1, 0.15) is 0 Å². The summed E-state index contributed by atoms with van der Waals surface area (Å²) in [5.74, 6) is 0.207. The smallest absolute Gasteiger partial charge is 0.223 e. The van der Waals surface area contributed by atoms with Gasteiger partial charge in [-0.15, -0.1) is 0 Å². The average molecular weight is 298 g/mol. The fraction of sp³-hybridized carbons (Fsp3) is 0.412. The van der Waals surface area contributed by atoms with Crippen molar-refractivity contribution in [3.05, 3.63) is 48.3 Å². The second-order valence-electron chi connectivity index (χ2n) is 5.96. The predicted octanol–water partition coefficient (Wildman–Crippen LogP) is 2.01. The van der Waals surface area contributed by atoms with Crippen LogP contribution in [0.4, 0.5) is 0 Å². The van der Waals surface area contributed by atoms with E-state index in [0.717, 1.165) is 36.9 Å². The lowest BCUT2D eigenvalue weighted by Gasteiger charge is -2.25. The van der Waals surface area contributed by atoms with Crippen molar-refractivity contribution in [3.8, 4) is 5.69 Å². The molecule has 1 aliphatic carbocycles. The van der Waals surface area contributed by atoms with Crippen LogP contribution in [0.25, 0.3) is 5.69 Å². The number of carbonyl (C=O) groups excluding carboxylic acids is 1. The lowest BCUT2D eigenvalue weighted by atomic mass is 9.85. The van der Waals surface area contributed by atoms with Crippen molar-refractivity contribution in [2.75, 3.05) is 0 Å². The molecule has 1 saturated carbocycles. The highest BCUT2D eigenvalue weighted by atomic mass is 16.1. The fourth-order valence-electron chi connectivity index (χ4n) is 2.99. The first kappa shape index (κ1) is 14.8. The lowest BCUT2D eigenvalue weighted by molar-refractivity contribution is -0.126. The molecule has 1 fully saturated rings. The monoisotopic (exact) mass is 298 g/mol. The second kappa shape index (κ2) is 6.75. The van der Waals surface area contributed by atoms with E-state index in [1.165, 1.54) is 0 Å². The van der Waals surface area contributed by atoms with Crippen LogP contribution in [-0.4, -0.2) is 21.7 Å². The molecule has 5 nitrogen and oxygen atoms in total. The molecule has 2 atom stereocenters. The number of rotatable bonds is 4. The Hall–Kier alpha value is -2.14. The number of nitrogens with two attached hydrogens (primary N) is 1. The fourth-order valence-corrected chi connectivity index (χ4v) is 2.99. The first-order chi connectivity index (χ1) is 10.7. The van der Waals surface area contributed by atoms with E-state index in [-0.39, 0.29) is 17.9 Å². The molecule has 5 heteroatoms. The van der Waals surface area contributed by atoms with Crippen molar-refractivity contribution in [2.45, 2.75) is 38.3 Å². The van der Waals surface area contributed by atoms with Gasteiger partial charge in [-0.2, -0.15) is 5.10 Å². The SMILES string of the molecule is NC1CCCC(C(=O)NCc2ccc(-n3cccn3)cc2)C1. The van der Waals surface area contributed by atoms with E-state index < -0.39 is 0 Å². The summed E-state index contributed by atoms with van der Waals surface area (Å²) in [6.07, 6.45) is 7.52. The van der Waals surface area contributed by atoms with Gasteiger partial charge < -0.3 is 11.1 Å². The molecule has 3 N–H and O–H groups in total. The summed E-state index contributed by atoms with van der Waals surface area (Å²) in [6.45, 7) is 0.559. The van der Waals surface area contributed by atoms with Crippen LogP contribution in [-0.2, 0) is 11.3 Å². The summed E-state index contributed by atoms with van der Waals surface area (Å²) in [7, 11) is 0. The Labute approximate surface area is 130 Å². The normalized spacial score (nSPS) is 21.5. The van der Waals surface area contributed by atoms with E-state index in [9.17, 15) is 4.79 Å². The van der Waals surface area contributed by atoms with Crippen LogP contribution in [0.2, 0.25) is 0 Å². The molecule has 1 aromatic carbocycles. The van der Waals surface area contributed by atoms with E-state index in [2.05, 4.69) is 10.4 Å². The lowest BCUT2D eigenvalue weighted by Crippen LogP contribution is -2.37. The Morgan fingerprint density at radius 2 is 2.14 bits per heavy atom. The van der Waals surface area contributed by atoms with Crippen molar-refractivity contribution in [1.29, 1.82) is 0 Å². The molecule has 1 aliphatic rings. The van der Waals surface area contributed by atoms with Gasteiger partial charge in [0.15, 0.2) is 0 Å². The maximum absolute atomic E-state index is 12.2. The van der Waals surface area contributed by atoms with Crippen molar-refractivity contribution < 1.29 is 4.79 Å². The van der Waals surface area contributed by atoms with Crippen LogP contribution in [0.3, 0.4) is 0 Å². The van der Waals surface area contributed by atoms with Gasteiger partial charge in [0.2, 0.25) is 5.91 Å². The maximum atomic E-state index is 12.2. The van der Waals surface area contributed by atoms with Crippen molar-refractivity contribution in [3.63, 3.8) is 0 Å². The number of nitrogens with zero attached hydrogens (tertiary/aromatic N) is 2. The Kier molecular flexibility index (Phi) is 4.53. The minimum atomic E-state index is 0.0760. The Morgan fingerprint density at radius 1 is 1.32 bits per heavy atom. The zero-order valence-electron chi connectivity index (χ0n) is 12.6. The molecule has 1 heterocycles. The van der Waals surface area contributed by atoms with Crippen molar-refractivity contribution in [2.24, 2.45) is 11.7 Å². The van der Waals surface area contributed by atoms with Crippen LogP contribution in [0.1, 0.15) is 31.2 Å². The highest BCUT2D eigenvalue weighted by Gasteiger charge is 2.24. The van der Waals surface area contributed by atoms with Crippen LogP contribution in [0, 0.1) is 5.92 Å². The van der Waals surface area contributed by atoms with Gasteiger partial charge in [0, 0.05) is 30.9 Å². The largest absolute Gasteiger partial charge is 0.352 e. The molecule has 1 amide bonds. The quantitative estimate of drug-likeness (QED) is 0.907. The molecule has 22 heavy (non-hydrogen) atoms. The second-order valence-corrected chi connectivity index (χ2v) is 5.96. The first-order valence-electron chi connectivity index (χ1n) is 7.84. The minimum absolute atomic E-state index is 0.0760. The molecule has 0 spiro atoms. The predicted molar refractivity (Wildman–Crippen MR) is 85.3 cm³/mol. The summed E-state index contributed by atoms with van der Waals surface area (Å²) >= 11 is 0. The molecular formula is C17H22N4O. The van der Waals surface area contributed by atoms with Gasteiger partial charge in [-0.05, 0) is 43.0 Å². The third kappa shape index (κ3) is 3.54. The molecule has 0 saturated heterocycles. The summed E-state index contributed by atoms with van der Waals surface area (Å²) in [4.78, 5) is 12.2. The van der Waals surface area contributed by atoms with Gasteiger partial charge in [-0.3, -0.25) is 4.79 Å². The number of nitrogens with one attached hydrogen (secondary N) is 1. The number of benzene rings is 1. The molecule has 116 valence electrons. The Balaban J connectivity index is 1.54.